The smallest absolute Gasteiger partial charge is 0.242 e. The van der Waals surface area contributed by atoms with Gasteiger partial charge < -0.3 is 19.3 Å². The second kappa shape index (κ2) is 9.52. The van der Waals surface area contributed by atoms with E-state index in [9.17, 15) is 9.18 Å². The molecule has 0 aliphatic carbocycles. The van der Waals surface area contributed by atoms with Crippen LogP contribution in [0.25, 0.3) is 22.3 Å². The Hall–Kier alpha value is -4.08. The topological polar surface area (TPSA) is 83.3 Å². The van der Waals surface area contributed by atoms with Crippen LogP contribution < -0.4 is 9.80 Å². The van der Waals surface area contributed by atoms with Crippen LogP contribution in [-0.2, 0) is 11.3 Å². The third-order valence-electron chi connectivity index (χ3n) is 6.95. The van der Waals surface area contributed by atoms with Crippen molar-refractivity contribution in [3.05, 3.63) is 61.1 Å². The van der Waals surface area contributed by atoms with E-state index in [4.69, 9.17) is 0 Å². The fraction of sp³-hybridized carbons (Fsp3) is 0.346. The molecule has 0 spiro atoms. The molecule has 3 aromatic heterocycles. The summed E-state index contributed by atoms with van der Waals surface area (Å²) in [5, 5.41) is 0. The lowest BCUT2D eigenvalue weighted by Gasteiger charge is -2.37. The fourth-order valence-electron chi connectivity index (χ4n) is 5.01. The molecular weight excluding hydrogens is 459 g/mol. The molecule has 5 heterocycles. The van der Waals surface area contributed by atoms with Crippen molar-refractivity contribution in [2.45, 2.75) is 19.4 Å². The molecule has 0 atom stereocenters. The SMILES string of the molecule is O=C(Cn1cnc2cccnc21)N1CCN(c2ccc(F)cc2-c2cnc(N3CCCC3)nc2)CC1. The van der Waals surface area contributed by atoms with Crippen LogP contribution in [0.2, 0.25) is 0 Å². The first-order chi connectivity index (χ1) is 17.7. The zero-order chi connectivity index (χ0) is 24.5. The van der Waals surface area contributed by atoms with Gasteiger partial charge in [0.05, 0.1) is 6.33 Å². The summed E-state index contributed by atoms with van der Waals surface area (Å²) in [6.07, 6.45) is 9.24. The van der Waals surface area contributed by atoms with Gasteiger partial charge in [-0.25, -0.2) is 24.3 Å². The molecule has 0 bridgehead atoms. The van der Waals surface area contributed by atoms with E-state index in [2.05, 4.69) is 29.7 Å². The molecule has 2 fully saturated rings. The number of fused-ring (bicyclic) bond motifs is 1. The number of amides is 1. The summed E-state index contributed by atoms with van der Waals surface area (Å²) in [4.78, 5) is 37.0. The Morgan fingerprint density at radius 1 is 0.889 bits per heavy atom. The molecule has 184 valence electrons. The minimum atomic E-state index is -0.299. The van der Waals surface area contributed by atoms with Crippen LogP contribution in [0.5, 0.6) is 0 Å². The highest BCUT2D eigenvalue weighted by molar-refractivity contribution is 5.80. The van der Waals surface area contributed by atoms with Gasteiger partial charge in [0.25, 0.3) is 0 Å². The number of nitrogens with zero attached hydrogens (tertiary/aromatic N) is 8. The molecule has 36 heavy (non-hydrogen) atoms. The molecule has 0 saturated carbocycles. The zero-order valence-corrected chi connectivity index (χ0v) is 19.9. The summed E-state index contributed by atoms with van der Waals surface area (Å²) in [5.41, 5.74) is 3.95. The van der Waals surface area contributed by atoms with E-state index in [1.807, 2.05) is 17.0 Å². The maximum absolute atomic E-state index is 14.3. The lowest BCUT2D eigenvalue weighted by Crippen LogP contribution is -2.49. The van der Waals surface area contributed by atoms with Gasteiger partial charge in [-0.15, -0.1) is 0 Å². The first kappa shape index (κ1) is 22.4. The Bertz CT molecular complexity index is 1370. The second-order valence-corrected chi connectivity index (χ2v) is 9.21. The van der Waals surface area contributed by atoms with Gasteiger partial charge in [-0.1, -0.05) is 0 Å². The molecule has 2 aliphatic rings. The first-order valence-corrected chi connectivity index (χ1v) is 12.3. The van der Waals surface area contributed by atoms with Crippen molar-refractivity contribution < 1.29 is 9.18 Å². The van der Waals surface area contributed by atoms with Crippen LogP contribution >= 0.6 is 0 Å². The third-order valence-corrected chi connectivity index (χ3v) is 6.95. The molecule has 9 nitrogen and oxygen atoms in total. The maximum atomic E-state index is 14.3. The summed E-state index contributed by atoms with van der Waals surface area (Å²) < 4.78 is 16.0. The third kappa shape index (κ3) is 4.34. The standard InChI is InChI=1S/C26H27FN8O/c27-20-5-6-23(21(14-20)19-15-29-26(30-16-19)34-8-1-2-9-34)32-10-12-33(13-11-32)24(36)17-35-18-31-22-4-3-7-28-25(22)35/h3-7,14-16,18H,1-2,8-13,17H2. The maximum Gasteiger partial charge on any atom is 0.242 e. The van der Waals surface area contributed by atoms with Crippen LogP contribution in [0, 0.1) is 5.82 Å². The van der Waals surface area contributed by atoms with E-state index in [0.29, 0.717) is 31.8 Å². The van der Waals surface area contributed by atoms with Gasteiger partial charge in [-0.2, -0.15) is 0 Å². The fourth-order valence-corrected chi connectivity index (χ4v) is 5.01. The van der Waals surface area contributed by atoms with E-state index < -0.39 is 0 Å². The average Bonchev–Trinajstić information content (AvgIpc) is 3.60. The Labute approximate surface area is 208 Å². The number of anilines is 2. The number of carbonyl (C=O) groups is 1. The Balaban J connectivity index is 1.15. The molecular formula is C26H27FN8O. The number of pyridine rings is 1. The number of halogens is 1. The van der Waals surface area contributed by atoms with Gasteiger partial charge >= 0.3 is 0 Å². The van der Waals surface area contributed by atoms with Crippen molar-refractivity contribution in [3.8, 4) is 11.1 Å². The summed E-state index contributed by atoms with van der Waals surface area (Å²) >= 11 is 0. The molecule has 2 aliphatic heterocycles. The van der Waals surface area contributed by atoms with E-state index >= 15 is 0 Å². The van der Waals surface area contributed by atoms with Crippen molar-refractivity contribution in [2.24, 2.45) is 0 Å². The van der Waals surface area contributed by atoms with Crippen LogP contribution in [-0.4, -0.2) is 74.6 Å². The largest absolute Gasteiger partial charge is 0.367 e. The van der Waals surface area contributed by atoms with Crippen LogP contribution in [0.15, 0.2) is 55.2 Å². The van der Waals surface area contributed by atoms with Crippen molar-refractivity contribution in [2.75, 3.05) is 49.1 Å². The Kier molecular flexibility index (Phi) is 5.92. The zero-order valence-electron chi connectivity index (χ0n) is 19.9. The Morgan fingerprint density at radius 3 is 2.44 bits per heavy atom. The van der Waals surface area contributed by atoms with E-state index in [0.717, 1.165) is 54.2 Å². The number of carbonyl (C=O) groups excluding carboxylic acids is 1. The van der Waals surface area contributed by atoms with Gasteiger partial charge in [-0.05, 0) is 43.2 Å². The number of hydrogen-bond acceptors (Lipinski definition) is 7. The van der Waals surface area contributed by atoms with Gasteiger partial charge in [-0.3, -0.25) is 4.79 Å². The molecule has 1 aromatic carbocycles. The molecule has 0 N–H and O–H groups in total. The molecule has 0 unspecified atom stereocenters. The highest BCUT2D eigenvalue weighted by Gasteiger charge is 2.24. The van der Waals surface area contributed by atoms with E-state index in [1.165, 1.54) is 12.1 Å². The molecule has 4 aromatic rings. The van der Waals surface area contributed by atoms with Gasteiger partial charge in [0.1, 0.15) is 17.9 Å². The van der Waals surface area contributed by atoms with E-state index in [1.54, 1.807) is 35.6 Å². The van der Waals surface area contributed by atoms with Crippen LogP contribution in [0.4, 0.5) is 16.0 Å². The van der Waals surface area contributed by atoms with Crippen molar-refractivity contribution in [1.82, 2.24) is 29.4 Å². The normalized spacial score (nSPS) is 16.2. The van der Waals surface area contributed by atoms with Crippen LogP contribution in [0.3, 0.4) is 0 Å². The summed E-state index contributed by atoms with van der Waals surface area (Å²) in [6, 6.07) is 8.54. The van der Waals surface area contributed by atoms with Crippen LogP contribution in [0.1, 0.15) is 12.8 Å². The van der Waals surface area contributed by atoms with Crippen molar-refractivity contribution in [3.63, 3.8) is 0 Å². The van der Waals surface area contributed by atoms with Gasteiger partial charge in [0.2, 0.25) is 11.9 Å². The minimum Gasteiger partial charge on any atom is -0.367 e. The molecule has 0 radical (unpaired) electrons. The lowest BCUT2D eigenvalue weighted by atomic mass is 10.0. The van der Waals surface area contributed by atoms with E-state index in [-0.39, 0.29) is 18.3 Å². The first-order valence-electron chi connectivity index (χ1n) is 12.3. The number of imidazole rings is 1. The molecule has 2 saturated heterocycles. The lowest BCUT2D eigenvalue weighted by molar-refractivity contribution is -0.132. The summed E-state index contributed by atoms with van der Waals surface area (Å²) in [6.45, 7) is 4.62. The van der Waals surface area contributed by atoms with Gasteiger partial charge in [0, 0.05) is 74.7 Å². The Morgan fingerprint density at radius 2 is 1.67 bits per heavy atom. The van der Waals surface area contributed by atoms with Crippen molar-refractivity contribution >= 4 is 28.7 Å². The summed E-state index contributed by atoms with van der Waals surface area (Å²) in [5.74, 6) is 0.458. The predicted molar refractivity (Wildman–Crippen MR) is 135 cm³/mol. The molecule has 10 heteroatoms. The second-order valence-electron chi connectivity index (χ2n) is 9.21. The number of benzene rings is 1. The van der Waals surface area contributed by atoms with Crippen molar-refractivity contribution in [1.29, 1.82) is 0 Å². The molecule has 1 amide bonds. The average molecular weight is 487 g/mol. The minimum absolute atomic E-state index is 0.0323. The number of aromatic nitrogens is 5. The predicted octanol–water partition coefficient (Wildman–Crippen LogP) is 2.98. The molecule has 6 rings (SSSR count). The summed E-state index contributed by atoms with van der Waals surface area (Å²) in [7, 11) is 0. The monoisotopic (exact) mass is 486 g/mol. The number of hydrogen-bond donors (Lipinski definition) is 0. The number of rotatable bonds is 5. The number of piperazine rings is 1. The van der Waals surface area contributed by atoms with Gasteiger partial charge in [0.15, 0.2) is 5.65 Å². The highest BCUT2D eigenvalue weighted by Crippen LogP contribution is 2.32. The quantitative estimate of drug-likeness (QED) is 0.429. The highest BCUT2D eigenvalue weighted by atomic mass is 19.1.